The SMILES string of the molecule is CCOC(=O)[C@@H](C#N)CC(=O)c1cccc(C)c1. The highest BCUT2D eigenvalue weighted by Crippen LogP contribution is 2.12. The second kappa shape index (κ2) is 6.55. The van der Waals surface area contributed by atoms with Gasteiger partial charge in [0, 0.05) is 12.0 Å². The van der Waals surface area contributed by atoms with Gasteiger partial charge in [-0.2, -0.15) is 5.26 Å². The molecule has 0 heterocycles. The van der Waals surface area contributed by atoms with Gasteiger partial charge in [0.15, 0.2) is 11.7 Å². The van der Waals surface area contributed by atoms with Crippen molar-refractivity contribution in [3.63, 3.8) is 0 Å². The minimum Gasteiger partial charge on any atom is -0.465 e. The van der Waals surface area contributed by atoms with E-state index in [2.05, 4.69) is 0 Å². The van der Waals surface area contributed by atoms with Crippen molar-refractivity contribution < 1.29 is 14.3 Å². The zero-order valence-corrected chi connectivity index (χ0v) is 10.5. The van der Waals surface area contributed by atoms with Crippen molar-refractivity contribution in [3.05, 3.63) is 35.4 Å². The Kier molecular flexibility index (Phi) is 5.06. The third kappa shape index (κ3) is 3.70. The molecular formula is C14H15NO3. The van der Waals surface area contributed by atoms with Crippen molar-refractivity contribution in [1.29, 1.82) is 5.26 Å². The number of hydrogen-bond donors (Lipinski definition) is 0. The molecule has 0 amide bonds. The maximum absolute atomic E-state index is 11.9. The smallest absolute Gasteiger partial charge is 0.323 e. The van der Waals surface area contributed by atoms with Crippen LogP contribution in [-0.2, 0) is 9.53 Å². The summed E-state index contributed by atoms with van der Waals surface area (Å²) in [6.07, 6.45) is -0.140. The van der Waals surface area contributed by atoms with Crippen LogP contribution in [0.5, 0.6) is 0 Å². The lowest BCUT2D eigenvalue weighted by molar-refractivity contribution is -0.145. The maximum atomic E-state index is 11.9. The Labute approximate surface area is 106 Å². The molecule has 0 aliphatic rings. The molecule has 0 spiro atoms. The molecule has 1 atom stereocenters. The summed E-state index contributed by atoms with van der Waals surface area (Å²) in [5.74, 6) is -1.89. The highest BCUT2D eigenvalue weighted by Gasteiger charge is 2.23. The van der Waals surface area contributed by atoms with Crippen molar-refractivity contribution in [2.45, 2.75) is 20.3 Å². The first-order valence-corrected chi connectivity index (χ1v) is 5.74. The van der Waals surface area contributed by atoms with E-state index in [1.807, 2.05) is 13.0 Å². The van der Waals surface area contributed by atoms with Crippen LogP contribution < -0.4 is 0 Å². The van der Waals surface area contributed by atoms with Crippen LogP contribution in [-0.4, -0.2) is 18.4 Å². The summed E-state index contributed by atoms with van der Waals surface area (Å²) in [5, 5.41) is 8.87. The second-order valence-electron chi connectivity index (χ2n) is 3.93. The van der Waals surface area contributed by atoms with Gasteiger partial charge in [0.25, 0.3) is 0 Å². The number of hydrogen-bond acceptors (Lipinski definition) is 4. The van der Waals surface area contributed by atoms with Crippen LogP contribution in [0.25, 0.3) is 0 Å². The van der Waals surface area contributed by atoms with Crippen molar-refractivity contribution in [2.75, 3.05) is 6.61 Å². The van der Waals surface area contributed by atoms with Gasteiger partial charge in [-0.1, -0.05) is 23.8 Å². The van der Waals surface area contributed by atoms with Crippen LogP contribution in [0, 0.1) is 24.2 Å². The van der Waals surface area contributed by atoms with Gasteiger partial charge >= 0.3 is 5.97 Å². The van der Waals surface area contributed by atoms with E-state index in [1.165, 1.54) is 0 Å². The third-order valence-corrected chi connectivity index (χ3v) is 2.46. The number of carbonyl (C=O) groups excluding carboxylic acids is 2. The summed E-state index contributed by atoms with van der Waals surface area (Å²) in [7, 11) is 0. The van der Waals surface area contributed by atoms with Crippen LogP contribution >= 0.6 is 0 Å². The minimum absolute atomic E-state index is 0.140. The lowest BCUT2D eigenvalue weighted by Gasteiger charge is -2.07. The fourth-order valence-corrected chi connectivity index (χ4v) is 1.55. The van der Waals surface area contributed by atoms with Gasteiger partial charge in [-0.25, -0.2) is 0 Å². The molecule has 0 radical (unpaired) electrons. The van der Waals surface area contributed by atoms with Gasteiger partial charge in [-0.3, -0.25) is 9.59 Å². The Hall–Kier alpha value is -2.15. The number of benzene rings is 1. The number of carbonyl (C=O) groups is 2. The molecule has 0 bridgehead atoms. The molecule has 0 aromatic heterocycles. The number of rotatable bonds is 5. The highest BCUT2D eigenvalue weighted by atomic mass is 16.5. The normalized spacial score (nSPS) is 11.4. The number of ketones is 1. The quantitative estimate of drug-likeness (QED) is 0.589. The molecule has 0 saturated heterocycles. The standard InChI is InChI=1S/C14H15NO3/c1-3-18-14(17)12(9-15)8-13(16)11-6-4-5-10(2)7-11/h4-7,12H,3,8H2,1-2H3/t12-/m1/s1. The molecule has 0 saturated carbocycles. The first-order chi connectivity index (χ1) is 8.58. The lowest BCUT2D eigenvalue weighted by atomic mass is 9.98. The third-order valence-electron chi connectivity index (χ3n) is 2.46. The number of ether oxygens (including phenoxy) is 1. The van der Waals surface area contributed by atoms with E-state index in [4.69, 9.17) is 10.00 Å². The summed E-state index contributed by atoms with van der Waals surface area (Å²) < 4.78 is 4.74. The molecule has 0 N–H and O–H groups in total. The van der Waals surface area contributed by atoms with Gasteiger partial charge in [0.1, 0.15) is 0 Å². The molecule has 94 valence electrons. The van der Waals surface area contributed by atoms with Crippen molar-refractivity contribution in [2.24, 2.45) is 5.92 Å². The summed E-state index contributed by atoms with van der Waals surface area (Å²) in [5.41, 5.74) is 1.48. The van der Waals surface area contributed by atoms with Crippen LogP contribution in [0.2, 0.25) is 0 Å². The first-order valence-electron chi connectivity index (χ1n) is 5.74. The largest absolute Gasteiger partial charge is 0.465 e. The molecule has 4 heteroatoms. The summed E-state index contributed by atoms with van der Waals surface area (Å²) in [4.78, 5) is 23.3. The molecule has 18 heavy (non-hydrogen) atoms. The fourth-order valence-electron chi connectivity index (χ4n) is 1.55. The van der Waals surface area contributed by atoms with Crippen molar-refractivity contribution >= 4 is 11.8 Å². The average molecular weight is 245 g/mol. The molecule has 0 unspecified atom stereocenters. The van der Waals surface area contributed by atoms with Gasteiger partial charge in [-0.15, -0.1) is 0 Å². The molecule has 1 aromatic carbocycles. The van der Waals surface area contributed by atoms with Crippen LogP contribution in [0.15, 0.2) is 24.3 Å². The number of aryl methyl sites for hydroxylation is 1. The Bertz CT molecular complexity index is 488. The van der Waals surface area contributed by atoms with E-state index in [0.29, 0.717) is 5.56 Å². The number of nitriles is 1. The van der Waals surface area contributed by atoms with Gasteiger partial charge in [0.2, 0.25) is 0 Å². The van der Waals surface area contributed by atoms with E-state index in [9.17, 15) is 9.59 Å². The summed E-state index contributed by atoms with van der Waals surface area (Å²) in [6, 6.07) is 8.87. The molecular weight excluding hydrogens is 230 g/mol. The number of nitrogens with zero attached hydrogens (tertiary/aromatic N) is 1. The topological polar surface area (TPSA) is 67.2 Å². The lowest BCUT2D eigenvalue weighted by Crippen LogP contribution is -2.19. The average Bonchev–Trinajstić information content (AvgIpc) is 2.35. The Balaban J connectivity index is 2.74. The predicted molar refractivity (Wildman–Crippen MR) is 65.9 cm³/mol. The van der Waals surface area contributed by atoms with Crippen LogP contribution in [0.3, 0.4) is 0 Å². The number of Topliss-reactive ketones (excluding diaryl/α,β-unsaturated/α-hetero) is 1. The van der Waals surface area contributed by atoms with Gasteiger partial charge in [0.05, 0.1) is 12.7 Å². The number of esters is 1. The molecule has 0 aliphatic carbocycles. The van der Waals surface area contributed by atoms with E-state index in [0.717, 1.165) is 5.56 Å². The fraction of sp³-hybridized carbons (Fsp3) is 0.357. The van der Waals surface area contributed by atoms with E-state index in [1.54, 1.807) is 31.2 Å². The Morgan fingerprint density at radius 3 is 2.72 bits per heavy atom. The highest BCUT2D eigenvalue weighted by molar-refractivity contribution is 5.98. The molecule has 1 rings (SSSR count). The molecule has 4 nitrogen and oxygen atoms in total. The van der Waals surface area contributed by atoms with E-state index >= 15 is 0 Å². The minimum atomic E-state index is -1.03. The van der Waals surface area contributed by atoms with Gasteiger partial charge in [-0.05, 0) is 19.9 Å². The van der Waals surface area contributed by atoms with E-state index in [-0.39, 0.29) is 18.8 Å². The summed E-state index contributed by atoms with van der Waals surface area (Å²) >= 11 is 0. The Morgan fingerprint density at radius 2 is 2.17 bits per heavy atom. The maximum Gasteiger partial charge on any atom is 0.323 e. The Morgan fingerprint density at radius 1 is 1.44 bits per heavy atom. The predicted octanol–water partition coefficient (Wildman–Crippen LogP) is 2.27. The van der Waals surface area contributed by atoms with Crippen molar-refractivity contribution in [3.8, 4) is 6.07 Å². The molecule has 0 aliphatic heterocycles. The van der Waals surface area contributed by atoms with Gasteiger partial charge < -0.3 is 4.74 Å². The van der Waals surface area contributed by atoms with Crippen LogP contribution in [0.1, 0.15) is 29.3 Å². The zero-order valence-electron chi connectivity index (χ0n) is 10.5. The molecule has 0 fully saturated rings. The van der Waals surface area contributed by atoms with E-state index < -0.39 is 11.9 Å². The zero-order chi connectivity index (χ0) is 13.5. The van der Waals surface area contributed by atoms with Crippen LogP contribution in [0.4, 0.5) is 0 Å². The summed E-state index contributed by atoms with van der Waals surface area (Å²) in [6.45, 7) is 3.74. The van der Waals surface area contributed by atoms with Crippen molar-refractivity contribution in [1.82, 2.24) is 0 Å². The first kappa shape index (κ1) is 13.9. The monoisotopic (exact) mass is 245 g/mol. The second-order valence-corrected chi connectivity index (χ2v) is 3.93. The molecule has 1 aromatic rings.